The highest BCUT2D eigenvalue weighted by Gasteiger charge is 2.06. The van der Waals surface area contributed by atoms with Crippen LogP contribution in [-0.4, -0.2) is 22.2 Å². The number of esters is 1. The summed E-state index contributed by atoms with van der Waals surface area (Å²) in [6.07, 6.45) is 4.51. The minimum absolute atomic E-state index is 0.0103. The molecule has 0 unspecified atom stereocenters. The molecule has 0 spiro atoms. The van der Waals surface area contributed by atoms with Crippen LogP contribution in [0.2, 0.25) is 0 Å². The fraction of sp³-hybridized carbons (Fsp3) is 0.333. The Bertz CT molecular complexity index is 638. The smallest absolute Gasteiger partial charge is 0.337 e. The predicted molar refractivity (Wildman–Crippen MR) is 75.9 cm³/mol. The Morgan fingerprint density at radius 3 is 2.40 bits per heavy atom. The molecule has 20 heavy (non-hydrogen) atoms. The zero-order chi connectivity index (χ0) is 14.5. The maximum absolute atomic E-state index is 12.0. The molecule has 0 bridgehead atoms. The Labute approximate surface area is 117 Å². The number of methoxy groups -OCH3 is 1. The highest BCUT2D eigenvalue weighted by molar-refractivity contribution is 5.89. The van der Waals surface area contributed by atoms with E-state index in [9.17, 15) is 9.59 Å². The van der Waals surface area contributed by atoms with Crippen molar-refractivity contribution in [3.63, 3.8) is 0 Å². The van der Waals surface area contributed by atoms with E-state index in [0.717, 1.165) is 18.5 Å². The molecule has 0 saturated heterocycles. The fourth-order valence-electron chi connectivity index (χ4n) is 2.05. The lowest BCUT2D eigenvalue weighted by Gasteiger charge is -2.04. The number of carbonyl (C=O) groups is 1. The van der Waals surface area contributed by atoms with E-state index >= 15 is 0 Å². The summed E-state index contributed by atoms with van der Waals surface area (Å²) in [5.74, 6) is -0.359. The van der Waals surface area contributed by atoms with Gasteiger partial charge in [-0.05, 0) is 24.1 Å². The lowest BCUT2D eigenvalue weighted by atomic mass is 10.1. The van der Waals surface area contributed by atoms with Gasteiger partial charge < -0.3 is 4.74 Å². The summed E-state index contributed by atoms with van der Waals surface area (Å²) in [4.78, 5) is 23.4. The fourth-order valence-corrected chi connectivity index (χ4v) is 2.05. The second-order valence-electron chi connectivity index (χ2n) is 4.59. The first-order valence-electron chi connectivity index (χ1n) is 6.58. The van der Waals surface area contributed by atoms with Crippen LogP contribution >= 0.6 is 0 Å². The van der Waals surface area contributed by atoms with Crippen molar-refractivity contribution in [2.75, 3.05) is 7.11 Å². The van der Waals surface area contributed by atoms with Gasteiger partial charge in [-0.3, -0.25) is 9.13 Å². The quantitative estimate of drug-likeness (QED) is 0.782. The molecule has 1 aromatic heterocycles. The Hall–Kier alpha value is -2.30. The molecule has 0 radical (unpaired) electrons. The number of carbonyl (C=O) groups excluding carboxylic acids is 1. The maximum atomic E-state index is 12.0. The summed E-state index contributed by atoms with van der Waals surface area (Å²) >= 11 is 0. The van der Waals surface area contributed by atoms with Gasteiger partial charge >= 0.3 is 11.7 Å². The standard InChI is InChI=1S/C15H18N2O3/c1-3-8-16-9-10-17(15(16)19)11-12-4-6-13(7-5-12)14(18)20-2/h4-7,9-10H,3,8,11H2,1-2H3. The van der Waals surface area contributed by atoms with E-state index in [0.29, 0.717) is 12.1 Å². The molecule has 2 rings (SSSR count). The van der Waals surface area contributed by atoms with Crippen LogP contribution in [0.3, 0.4) is 0 Å². The number of benzene rings is 1. The Morgan fingerprint density at radius 2 is 1.80 bits per heavy atom. The van der Waals surface area contributed by atoms with Gasteiger partial charge in [-0.25, -0.2) is 9.59 Å². The first-order chi connectivity index (χ1) is 9.65. The number of ether oxygens (including phenoxy) is 1. The third-order valence-electron chi connectivity index (χ3n) is 3.11. The third-order valence-corrected chi connectivity index (χ3v) is 3.11. The molecule has 0 aliphatic heterocycles. The Kier molecular flexibility index (Phi) is 4.40. The van der Waals surface area contributed by atoms with Crippen LogP contribution in [0.5, 0.6) is 0 Å². The van der Waals surface area contributed by atoms with E-state index < -0.39 is 0 Å². The van der Waals surface area contributed by atoms with Crippen molar-refractivity contribution in [2.45, 2.75) is 26.4 Å². The number of hydrogen-bond donors (Lipinski definition) is 0. The molecule has 0 aliphatic carbocycles. The van der Waals surface area contributed by atoms with E-state index in [4.69, 9.17) is 0 Å². The van der Waals surface area contributed by atoms with Crippen LogP contribution in [-0.2, 0) is 17.8 Å². The van der Waals surface area contributed by atoms with Crippen LogP contribution < -0.4 is 5.69 Å². The van der Waals surface area contributed by atoms with E-state index in [1.54, 1.807) is 33.7 Å². The van der Waals surface area contributed by atoms with Crippen molar-refractivity contribution >= 4 is 5.97 Å². The molecular formula is C15H18N2O3. The second-order valence-corrected chi connectivity index (χ2v) is 4.59. The molecule has 1 aromatic carbocycles. The molecule has 0 atom stereocenters. The number of aromatic nitrogens is 2. The lowest BCUT2D eigenvalue weighted by Crippen LogP contribution is -2.24. The van der Waals surface area contributed by atoms with Crippen molar-refractivity contribution in [1.29, 1.82) is 0 Å². The van der Waals surface area contributed by atoms with Crippen LogP contribution in [0.1, 0.15) is 29.3 Å². The molecular weight excluding hydrogens is 256 g/mol. The summed E-state index contributed by atoms with van der Waals surface area (Å²) in [5.41, 5.74) is 1.46. The maximum Gasteiger partial charge on any atom is 0.337 e. The minimum atomic E-state index is -0.359. The van der Waals surface area contributed by atoms with E-state index in [1.807, 2.05) is 19.1 Å². The average molecular weight is 274 g/mol. The minimum Gasteiger partial charge on any atom is -0.465 e. The third kappa shape index (κ3) is 2.99. The molecule has 5 nitrogen and oxygen atoms in total. The lowest BCUT2D eigenvalue weighted by molar-refractivity contribution is 0.0600. The van der Waals surface area contributed by atoms with Gasteiger partial charge in [0.2, 0.25) is 0 Å². The number of nitrogens with zero attached hydrogens (tertiary/aromatic N) is 2. The molecule has 2 aromatic rings. The molecule has 0 N–H and O–H groups in total. The second kappa shape index (κ2) is 6.23. The summed E-state index contributed by atoms with van der Waals surface area (Å²) in [5, 5.41) is 0. The Balaban J connectivity index is 2.14. The molecule has 0 aliphatic rings. The van der Waals surface area contributed by atoms with Gasteiger partial charge in [-0.1, -0.05) is 19.1 Å². The summed E-state index contributed by atoms with van der Waals surface area (Å²) in [6, 6.07) is 7.07. The van der Waals surface area contributed by atoms with E-state index in [-0.39, 0.29) is 11.7 Å². The highest BCUT2D eigenvalue weighted by Crippen LogP contribution is 2.07. The van der Waals surface area contributed by atoms with Crippen molar-refractivity contribution in [3.05, 3.63) is 58.3 Å². The van der Waals surface area contributed by atoms with Crippen molar-refractivity contribution in [3.8, 4) is 0 Å². The average Bonchev–Trinajstić information content (AvgIpc) is 2.81. The van der Waals surface area contributed by atoms with Crippen molar-refractivity contribution in [2.24, 2.45) is 0 Å². The van der Waals surface area contributed by atoms with Crippen LogP contribution in [0.15, 0.2) is 41.5 Å². The topological polar surface area (TPSA) is 53.2 Å². The summed E-state index contributed by atoms with van der Waals surface area (Å²) < 4.78 is 8.00. The summed E-state index contributed by atoms with van der Waals surface area (Å²) in [6.45, 7) is 3.26. The molecule has 0 saturated carbocycles. The van der Waals surface area contributed by atoms with Crippen LogP contribution in [0.4, 0.5) is 0 Å². The highest BCUT2D eigenvalue weighted by atomic mass is 16.5. The monoisotopic (exact) mass is 274 g/mol. The van der Waals surface area contributed by atoms with Gasteiger partial charge in [0.1, 0.15) is 0 Å². The number of rotatable bonds is 5. The largest absolute Gasteiger partial charge is 0.465 e. The van der Waals surface area contributed by atoms with Crippen molar-refractivity contribution in [1.82, 2.24) is 9.13 Å². The zero-order valence-corrected chi connectivity index (χ0v) is 11.7. The summed E-state index contributed by atoms with van der Waals surface area (Å²) in [7, 11) is 1.35. The molecule has 0 fully saturated rings. The first kappa shape index (κ1) is 14.1. The number of aryl methyl sites for hydroxylation is 1. The van der Waals surface area contributed by atoms with Gasteiger partial charge in [0.25, 0.3) is 0 Å². The van der Waals surface area contributed by atoms with Gasteiger partial charge in [-0.15, -0.1) is 0 Å². The SMILES string of the molecule is CCCn1ccn(Cc2ccc(C(=O)OC)cc2)c1=O. The van der Waals surface area contributed by atoms with Gasteiger partial charge in [0.05, 0.1) is 19.2 Å². The van der Waals surface area contributed by atoms with Gasteiger partial charge in [-0.2, -0.15) is 0 Å². The number of hydrogen-bond acceptors (Lipinski definition) is 3. The molecule has 5 heteroatoms. The van der Waals surface area contributed by atoms with Gasteiger partial charge in [0.15, 0.2) is 0 Å². The van der Waals surface area contributed by atoms with Crippen molar-refractivity contribution < 1.29 is 9.53 Å². The molecule has 1 heterocycles. The Morgan fingerprint density at radius 1 is 1.15 bits per heavy atom. The molecule has 0 amide bonds. The molecule has 106 valence electrons. The predicted octanol–water partition coefficient (Wildman–Crippen LogP) is 1.89. The van der Waals surface area contributed by atoms with Gasteiger partial charge in [0, 0.05) is 18.9 Å². The normalized spacial score (nSPS) is 10.5. The number of imidazole rings is 1. The van der Waals surface area contributed by atoms with Crippen LogP contribution in [0.25, 0.3) is 0 Å². The van der Waals surface area contributed by atoms with E-state index in [2.05, 4.69) is 4.74 Å². The zero-order valence-electron chi connectivity index (χ0n) is 11.7. The van der Waals surface area contributed by atoms with E-state index in [1.165, 1.54) is 7.11 Å². The van der Waals surface area contributed by atoms with Crippen LogP contribution in [0, 0.1) is 0 Å². The first-order valence-corrected chi connectivity index (χ1v) is 6.58.